The highest BCUT2D eigenvalue weighted by atomic mass is 32.2. The monoisotopic (exact) mass is 387 g/mol. The predicted octanol–water partition coefficient (Wildman–Crippen LogP) is 4.19. The summed E-state index contributed by atoms with van der Waals surface area (Å²) in [5.41, 5.74) is 1.12. The highest BCUT2D eigenvalue weighted by Gasteiger charge is 2.34. The molecule has 0 unspecified atom stereocenters. The summed E-state index contributed by atoms with van der Waals surface area (Å²) in [6.45, 7) is 0. The first-order valence-corrected chi connectivity index (χ1v) is 10.3. The summed E-state index contributed by atoms with van der Waals surface area (Å²) < 4.78 is 39.2. The molecule has 1 atom stereocenters. The molecule has 0 spiro atoms. The number of hydrogen-bond acceptors (Lipinski definition) is 4. The molecule has 2 aromatic carbocycles. The van der Waals surface area contributed by atoms with Gasteiger partial charge in [0.25, 0.3) is 0 Å². The molecule has 4 rings (SSSR count). The number of benzene rings is 2. The second-order valence-electron chi connectivity index (χ2n) is 6.01. The molecule has 4 nitrogen and oxygen atoms in total. The molecule has 1 aliphatic rings. The minimum absolute atomic E-state index is 0.101. The summed E-state index contributed by atoms with van der Waals surface area (Å²) in [6, 6.07) is 14.1. The molecule has 1 N–H and O–H groups in total. The van der Waals surface area contributed by atoms with Crippen LogP contribution in [0.5, 0.6) is 0 Å². The van der Waals surface area contributed by atoms with Crippen LogP contribution in [0.4, 0.5) is 10.1 Å². The maximum Gasteiger partial charge on any atom is 0.225 e. The topological polar surface area (TPSA) is 63.2 Å². The zero-order chi connectivity index (χ0) is 18.3. The Morgan fingerprint density at radius 1 is 1.04 bits per heavy atom. The van der Waals surface area contributed by atoms with E-state index < -0.39 is 9.84 Å². The minimum Gasteiger partial charge on any atom is -0.324 e. The van der Waals surface area contributed by atoms with E-state index in [9.17, 15) is 17.6 Å². The maximum atomic E-state index is 13.2. The fraction of sp³-hybridized carbons (Fsp3) is 0.105. The number of carbonyl (C=O) groups is 1. The molecule has 1 aromatic heterocycles. The molecule has 0 saturated heterocycles. The second-order valence-corrected chi connectivity index (χ2v) is 8.84. The van der Waals surface area contributed by atoms with Crippen molar-refractivity contribution >= 4 is 32.8 Å². The fourth-order valence-corrected chi connectivity index (χ4v) is 6.02. The van der Waals surface area contributed by atoms with Crippen molar-refractivity contribution in [3.05, 3.63) is 76.2 Å². The zero-order valence-corrected chi connectivity index (χ0v) is 15.1. The Balaban J connectivity index is 1.83. The average Bonchev–Trinajstić information content (AvgIpc) is 3.07. The van der Waals surface area contributed by atoms with E-state index in [0.717, 1.165) is 10.4 Å². The van der Waals surface area contributed by atoms with Crippen molar-refractivity contribution in [3.63, 3.8) is 0 Å². The SMILES string of the molecule is O=C1C[C@@H](c2ccc(F)cc2)c2scc(S(=O)(=O)c3ccccc3)c2N1. The lowest BCUT2D eigenvalue weighted by Crippen LogP contribution is -2.23. The predicted molar refractivity (Wildman–Crippen MR) is 97.7 cm³/mol. The second kappa shape index (κ2) is 6.34. The number of rotatable bonds is 3. The van der Waals surface area contributed by atoms with E-state index in [1.54, 1.807) is 35.7 Å². The summed E-state index contributed by atoms with van der Waals surface area (Å²) in [7, 11) is -3.74. The molecule has 1 aliphatic heterocycles. The highest BCUT2D eigenvalue weighted by Crippen LogP contribution is 2.45. The molecule has 0 radical (unpaired) electrons. The van der Waals surface area contributed by atoms with E-state index in [2.05, 4.69) is 5.32 Å². The smallest absolute Gasteiger partial charge is 0.225 e. The molecule has 132 valence electrons. The summed E-state index contributed by atoms with van der Waals surface area (Å²) in [4.78, 5) is 13.3. The Labute approximate surface area is 154 Å². The van der Waals surface area contributed by atoms with Crippen molar-refractivity contribution in [2.75, 3.05) is 5.32 Å². The summed E-state index contributed by atoms with van der Waals surface area (Å²) >= 11 is 1.30. The van der Waals surface area contributed by atoms with E-state index in [0.29, 0.717) is 5.69 Å². The van der Waals surface area contributed by atoms with Crippen LogP contribution < -0.4 is 5.32 Å². The Morgan fingerprint density at radius 2 is 1.73 bits per heavy atom. The number of anilines is 1. The third-order valence-corrected chi connectivity index (χ3v) is 7.41. The first-order chi connectivity index (χ1) is 12.5. The van der Waals surface area contributed by atoms with Crippen molar-refractivity contribution in [2.45, 2.75) is 22.1 Å². The number of halogens is 1. The van der Waals surface area contributed by atoms with Gasteiger partial charge in [-0.15, -0.1) is 11.3 Å². The fourth-order valence-electron chi connectivity index (χ4n) is 3.09. The molecule has 2 heterocycles. The summed E-state index contributed by atoms with van der Waals surface area (Å²) in [6.07, 6.45) is 0.198. The van der Waals surface area contributed by atoms with Crippen LogP contribution in [0, 0.1) is 5.82 Å². The Hall–Kier alpha value is -2.51. The zero-order valence-electron chi connectivity index (χ0n) is 13.5. The van der Waals surface area contributed by atoms with Gasteiger partial charge in [0.05, 0.1) is 10.6 Å². The number of thiophene rings is 1. The van der Waals surface area contributed by atoms with Crippen LogP contribution in [-0.2, 0) is 14.6 Å². The Bertz CT molecular complexity index is 1070. The molecule has 7 heteroatoms. The molecule has 3 aromatic rings. The first kappa shape index (κ1) is 16.9. The summed E-state index contributed by atoms with van der Waals surface area (Å²) in [5.74, 6) is -0.897. The number of fused-ring (bicyclic) bond motifs is 1. The molecule has 26 heavy (non-hydrogen) atoms. The van der Waals surface area contributed by atoms with E-state index in [-0.39, 0.29) is 33.9 Å². The third-order valence-electron chi connectivity index (χ3n) is 4.37. The number of nitrogens with one attached hydrogen (secondary N) is 1. The van der Waals surface area contributed by atoms with Crippen LogP contribution >= 0.6 is 11.3 Å². The van der Waals surface area contributed by atoms with Gasteiger partial charge in [-0.3, -0.25) is 4.79 Å². The van der Waals surface area contributed by atoms with Crippen LogP contribution in [0.1, 0.15) is 22.8 Å². The van der Waals surface area contributed by atoms with Crippen molar-refractivity contribution < 1.29 is 17.6 Å². The van der Waals surface area contributed by atoms with Crippen LogP contribution in [0.2, 0.25) is 0 Å². The normalized spacial score (nSPS) is 16.8. The number of carbonyl (C=O) groups excluding carboxylic acids is 1. The van der Waals surface area contributed by atoms with E-state index >= 15 is 0 Å². The molecular weight excluding hydrogens is 373 g/mol. The number of amides is 1. The molecule has 0 saturated carbocycles. The first-order valence-electron chi connectivity index (χ1n) is 7.93. The lowest BCUT2D eigenvalue weighted by atomic mass is 9.91. The number of hydrogen-bond donors (Lipinski definition) is 1. The lowest BCUT2D eigenvalue weighted by molar-refractivity contribution is -0.116. The number of sulfone groups is 1. The van der Waals surface area contributed by atoms with Gasteiger partial charge >= 0.3 is 0 Å². The van der Waals surface area contributed by atoms with Gasteiger partial charge in [-0.2, -0.15) is 0 Å². The molecule has 0 fully saturated rings. The quantitative estimate of drug-likeness (QED) is 0.733. The van der Waals surface area contributed by atoms with E-state index in [1.165, 1.54) is 35.6 Å². The molecule has 1 amide bonds. The van der Waals surface area contributed by atoms with E-state index in [4.69, 9.17) is 0 Å². The van der Waals surface area contributed by atoms with Crippen molar-refractivity contribution in [1.29, 1.82) is 0 Å². The van der Waals surface area contributed by atoms with Gasteiger partial charge in [0.1, 0.15) is 10.7 Å². The van der Waals surface area contributed by atoms with Gasteiger partial charge in [-0.05, 0) is 29.8 Å². The molecular formula is C19H14FNO3S2. The standard InChI is InChI=1S/C19H14FNO3S2/c20-13-8-6-12(7-9-13)15-10-17(22)21-18-16(11-25-19(15)18)26(23,24)14-4-2-1-3-5-14/h1-9,11,15H,10H2,(H,21,22)/t15-/m0/s1. The molecule has 0 aliphatic carbocycles. The average molecular weight is 387 g/mol. The minimum atomic E-state index is -3.74. The lowest BCUT2D eigenvalue weighted by Gasteiger charge is -2.23. The Kier molecular flexibility index (Phi) is 4.13. The van der Waals surface area contributed by atoms with Crippen LogP contribution in [0.3, 0.4) is 0 Å². The van der Waals surface area contributed by atoms with Gasteiger partial charge in [0.2, 0.25) is 15.7 Å². The maximum absolute atomic E-state index is 13.2. The summed E-state index contributed by atoms with van der Waals surface area (Å²) in [5, 5.41) is 4.28. The van der Waals surface area contributed by atoms with Crippen LogP contribution in [0.15, 0.2) is 69.8 Å². The third kappa shape index (κ3) is 2.83. The van der Waals surface area contributed by atoms with Crippen molar-refractivity contribution in [2.24, 2.45) is 0 Å². The molecule has 0 bridgehead atoms. The van der Waals surface area contributed by atoms with Gasteiger partial charge in [-0.25, -0.2) is 12.8 Å². The van der Waals surface area contributed by atoms with Crippen molar-refractivity contribution in [3.8, 4) is 0 Å². The van der Waals surface area contributed by atoms with Crippen molar-refractivity contribution in [1.82, 2.24) is 0 Å². The highest BCUT2D eigenvalue weighted by molar-refractivity contribution is 7.91. The van der Waals surface area contributed by atoms with Gasteiger partial charge in [-0.1, -0.05) is 30.3 Å². The van der Waals surface area contributed by atoms with E-state index in [1.807, 2.05) is 0 Å². The van der Waals surface area contributed by atoms with Crippen LogP contribution in [0.25, 0.3) is 0 Å². The van der Waals surface area contributed by atoms with Gasteiger partial charge in [0, 0.05) is 22.6 Å². The largest absolute Gasteiger partial charge is 0.324 e. The van der Waals surface area contributed by atoms with Gasteiger partial charge < -0.3 is 5.32 Å². The Morgan fingerprint density at radius 3 is 2.42 bits per heavy atom. The van der Waals surface area contributed by atoms with Gasteiger partial charge in [0.15, 0.2) is 0 Å². The van der Waals surface area contributed by atoms with Crippen LogP contribution in [-0.4, -0.2) is 14.3 Å².